The van der Waals surface area contributed by atoms with E-state index in [9.17, 15) is 19.1 Å². The third-order valence-electron chi connectivity index (χ3n) is 5.59. The maximum Gasteiger partial charge on any atom is 0.301 e. The van der Waals surface area contributed by atoms with Crippen molar-refractivity contribution < 1.29 is 23.8 Å². The Labute approximate surface area is 212 Å². The number of aliphatic hydroxyl groups excluding tert-OH is 1. The summed E-state index contributed by atoms with van der Waals surface area (Å²) >= 11 is 4.54. The van der Waals surface area contributed by atoms with Crippen molar-refractivity contribution in [2.24, 2.45) is 0 Å². The van der Waals surface area contributed by atoms with Crippen LogP contribution in [0.2, 0.25) is 0 Å². The van der Waals surface area contributed by atoms with Gasteiger partial charge < -0.3 is 9.84 Å². The molecule has 0 bridgehead atoms. The van der Waals surface area contributed by atoms with Gasteiger partial charge in [-0.2, -0.15) is 0 Å². The highest BCUT2D eigenvalue weighted by atomic mass is 79.9. The number of nitrogens with zero attached hydrogens (tertiary/aromatic N) is 2. The number of halogens is 2. The molecule has 0 unspecified atom stereocenters. The molecule has 176 valence electrons. The molecule has 35 heavy (non-hydrogen) atoms. The number of rotatable bonds is 5. The second kappa shape index (κ2) is 9.24. The van der Waals surface area contributed by atoms with E-state index in [1.165, 1.54) is 23.1 Å². The van der Waals surface area contributed by atoms with E-state index in [1.54, 1.807) is 42.5 Å². The van der Waals surface area contributed by atoms with Crippen LogP contribution in [0, 0.1) is 5.82 Å². The van der Waals surface area contributed by atoms with Gasteiger partial charge in [0.05, 0.1) is 28.4 Å². The van der Waals surface area contributed by atoms with Gasteiger partial charge in [-0.3, -0.25) is 14.5 Å². The van der Waals surface area contributed by atoms with Gasteiger partial charge in [-0.05, 0) is 67.1 Å². The van der Waals surface area contributed by atoms with Crippen LogP contribution < -0.4 is 9.64 Å². The minimum Gasteiger partial charge on any atom is -0.507 e. The summed E-state index contributed by atoms with van der Waals surface area (Å²) in [6, 6.07) is 17.0. The lowest BCUT2D eigenvalue weighted by molar-refractivity contribution is -0.132. The van der Waals surface area contributed by atoms with E-state index < -0.39 is 23.5 Å². The van der Waals surface area contributed by atoms with Gasteiger partial charge in [0.15, 0.2) is 5.13 Å². The van der Waals surface area contributed by atoms with E-state index in [4.69, 9.17) is 4.74 Å². The number of fused-ring (bicyclic) bond motifs is 1. The van der Waals surface area contributed by atoms with Gasteiger partial charge in [0.1, 0.15) is 17.3 Å². The second-order valence-corrected chi connectivity index (χ2v) is 9.71. The number of carbonyl (C=O) groups excluding carboxylic acids is 2. The zero-order chi connectivity index (χ0) is 24.7. The lowest BCUT2D eigenvalue weighted by Gasteiger charge is -2.23. The zero-order valence-corrected chi connectivity index (χ0v) is 20.8. The molecule has 3 aromatic carbocycles. The molecule has 0 radical (unpaired) electrons. The van der Waals surface area contributed by atoms with Gasteiger partial charge in [0, 0.05) is 10.0 Å². The fraction of sp³-hybridized carbons (Fsp3) is 0.115. The number of carbonyl (C=O) groups is 2. The normalized spacial score (nSPS) is 17.3. The van der Waals surface area contributed by atoms with Crippen molar-refractivity contribution in [3.63, 3.8) is 0 Å². The van der Waals surface area contributed by atoms with Crippen LogP contribution in [0.1, 0.15) is 24.1 Å². The van der Waals surface area contributed by atoms with Crippen molar-refractivity contribution in [3.8, 4) is 5.75 Å². The van der Waals surface area contributed by atoms with Gasteiger partial charge in [0.2, 0.25) is 0 Å². The summed E-state index contributed by atoms with van der Waals surface area (Å²) < 4.78 is 20.5. The number of ether oxygens (including phenoxy) is 1. The van der Waals surface area contributed by atoms with E-state index >= 15 is 0 Å². The Hall–Kier alpha value is -3.56. The Morgan fingerprint density at radius 2 is 1.91 bits per heavy atom. The fourth-order valence-electron chi connectivity index (χ4n) is 4.04. The monoisotopic (exact) mass is 552 g/mol. The first kappa shape index (κ1) is 23.2. The zero-order valence-electron chi connectivity index (χ0n) is 18.4. The minimum absolute atomic E-state index is 0.0531. The van der Waals surface area contributed by atoms with Crippen molar-refractivity contribution in [2.75, 3.05) is 11.5 Å². The maximum absolute atomic E-state index is 13.8. The number of aliphatic hydroxyl groups is 1. The molecule has 2 heterocycles. The molecular weight excluding hydrogens is 535 g/mol. The van der Waals surface area contributed by atoms with Crippen molar-refractivity contribution in [3.05, 3.63) is 93.7 Å². The first-order valence-corrected chi connectivity index (χ1v) is 12.3. The Kier molecular flexibility index (Phi) is 6.12. The van der Waals surface area contributed by atoms with Crippen LogP contribution in [0.15, 0.2) is 76.8 Å². The van der Waals surface area contributed by atoms with Crippen LogP contribution in [0.5, 0.6) is 5.75 Å². The minimum atomic E-state index is -0.926. The topological polar surface area (TPSA) is 79.7 Å². The van der Waals surface area contributed by atoms with Crippen LogP contribution in [-0.2, 0) is 9.59 Å². The van der Waals surface area contributed by atoms with Crippen molar-refractivity contribution >= 4 is 60.1 Å². The molecule has 1 fully saturated rings. The molecule has 5 rings (SSSR count). The quantitative estimate of drug-likeness (QED) is 0.180. The number of hydrogen-bond donors (Lipinski definition) is 1. The molecule has 1 N–H and O–H groups in total. The summed E-state index contributed by atoms with van der Waals surface area (Å²) in [6.45, 7) is 2.36. The standard InChI is InChI=1S/C26H18BrFN2O4S/c1-2-34-18-9-6-14(7-10-18)23(31)21-22(15-4-3-5-16(27)12-15)30(25(33)24(21)32)26-29-19-11-8-17(28)13-20(19)35-26/h3-13,22,31H,2H2,1H3/t22-/m1/s1. The lowest BCUT2D eigenvalue weighted by Crippen LogP contribution is -2.29. The van der Waals surface area contributed by atoms with Gasteiger partial charge >= 0.3 is 5.91 Å². The molecule has 0 aliphatic carbocycles. The van der Waals surface area contributed by atoms with Crippen LogP contribution in [0.3, 0.4) is 0 Å². The van der Waals surface area contributed by atoms with Gasteiger partial charge in [-0.25, -0.2) is 9.37 Å². The third-order valence-corrected chi connectivity index (χ3v) is 7.10. The third kappa shape index (κ3) is 4.21. The summed E-state index contributed by atoms with van der Waals surface area (Å²) in [7, 11) is 0. The van der Waals surface area contributed by atoms with E-state index in [2.05, 4.69) is 20.9 Å². The maximum atomic E-state index is 13.8. The lowest BCUT2D eigenvalue weighted by atomic mass is 9.95. The Bertz CT molecular complexity index is 1500. The second-order valence-electron chi connectivity index (χ2n) is 7.79. The summed E-state index contributed by atoms with van der Waals surface area (Å²) in [6.07, 6.45) is 0. The largest absolute Gasteiger partial charge is 0.507 e. The molecule has 9 heteroatoms. The number of amides is 1. The molecule has 1 aliphatic heterocycles. The first-order chi connectivity index (χ1) is 16.9. The summed E-state index contributed by atoms with van der Waals surface area (Å²) in [5.41, 5.74) is 1.44. The Balaban J connectivity index is 1.69. The molecule has 6 nitrogen and oxygen atoms in total. The highest BCUT2D eigenvalue weighted by Gasteiger charge is 2.48. The average Bonchev–Trinajstić information content (AvgIpc) is 3.37. The summed E-state index contributed by atoms with van der Waals surface area (Å²) in [5, 5.41) is 11.5. The number of hydrogen-bond acceptors (Lipinski definition) is 6. The van der Waals surface area contributed by atoms with Gasteiger partial charge in [-0.1, -0.05) is 39.4 Å². The number of thiazole rings is 1. The fourth-order valence-corrected chi connectivity index (χ4v) is 5.48. The number of ketones is 1. The SMILES string of the molecule is CCOc1ccc(C(O)=C2C(=O)C(=O)N(c3nc4ccc(F)cc4s3)[C@@H]2c2cccc(Br)c2)cc1. The Morgan fingerprint density at radius 3 is 2.63 bits per heavy atom. The molecule has 0 spiro atoms. The predicted octanol–water partition coefficient (Wildman–Crippen LogP) is 6.22. The molecular formula is C26H18BrFN2O4S. The smallest absolute Gasteiger partial charge is 0.301 e. The molecule has 1 amide bonds. The van der Waals surface area contributed by atoms with E-state index in [0.717, 1.165) is 15.8 Å². The Morgan fingerprint density at radius 1 is 1.14 bits per heavy atom. The van der Waals surface area contributed by atoms with Crippen LogP contribution in [0.25, 0.3) is 16.0 Å². The summed E-state index contributed by atoms with van der Waals surface area (Å²) in [5.74, 6) is -1.75. The number of benzene rings is 3. The van der Waals surface area contributed by atoms with E-state index in [1.807, 2.05) is 13.0 Å². The average molecular weight is 553 g/mol. The molecule has 1 saturated heterocycles. The van der Waals surface area contributed by atoms with Crippen LogP contribution in [0.4, 0.5) is 9.52 Å². The molecule has 4 aromatic rings. The van der Waals surface area contributed by atoms with Gasteiger partial charge in [0.25, 0.3) is 5.78 Å². The van der Waals surface area contributed by atoms with Gasteiger partial charge in [-0.15, -0.1) is 0 Å². The van der Waals surface area contributed by atoms with Crippen molar-refractivity contribution in [1.82, 2.24) is 4.98 Å². The van der Waals surface area contributed by atoms with Crippen molar-refractivity contribution in [1.29, 1.82) is 0 Å². The highest BCUT2D eigenvalue weighted by molar-refractivity contribution is 9.10. The van der Waals surface area contributed by atoms with E-state index in [-0.39, 0.29) is 16.5 Å². The highest BCUT2D eigenvalue weighted by Crippen LogP contribution is 2.44. The van der Waals surface area contributed by atoms with E-state index in [0.29, 0.717) is 33.7 Å². The van der Waals surface area contributed by atoms with Crippen molar-refractivity contribution in [2.45, 2.75) is 13.0 Å². The van der Waals surface area contributed by atoms with Crippen LogP contribution >= 0.6 is 27.3 Å². The first-order valence-electron chi connectivity index (χ1n) is 10.7. The molecule has 1 atom stereocenters. The molecule has 1 aliphatic rings. The number of aromatic nitrogens is 1. The number of anilines is 1. The number of Topliss-reactive ketones (excluding diaryl/α,β-unsaturated/α-hetero) is 1. The molecule has 0 saturated carbocycles. The summed E-state index contributed by atoms with van der Waals surface area (Å²) in [4.78, 5) is 32.3. The van der Waals surface area contributed by atoms with Crippen LogP contribution in [-0.4, -0.2) is 28.4 Å². The predicted molar refractivity (Wildman–Crippen MR) is 136 cm³/mol. The molecule has 1 aromatic heterocycles.